The van der Waals surface area contributed by atoms with Gasteiger partial charge in [0.05, 0.1) is 10.9 Å². The molecule has 0 aliphatic heterocycles. The number of nitrogens with zero attached hydrogens (tertiary/aromatic N) is 4. The highest BCUT2D eigenvalue weighted by Crippen LogP contribution is 2.30. The number of benzene rings is 2. The molecule has 0 fully saturated rings. The second-order valence-corrected chi connectivity index (χ2v) is 6.53. The Morgan fingerprint density at radius 3 is 2.52 bits per heavy atom. The Bertz CT molecular complexity index is 1120. The fraction of sp³-hybridized carbons (Fsp3) is 0.105. The van der Waals surface area contributed by atoms with Crippen LogP contribution in [0.5, 0.6) is 5.88 Å². The molecule has 0 saturated carbocycles. The van der Waals surface area contributed by atoms with Gasteiger partial charge in [0.2, 0.25) is 5.88 Å². The Morgan fingerprint density at radius 1 is 1.00 bits per heavy atom. The number of aromatic hydroxyl groups is 1. The summed E-state index contributed by atoms with van der Waals surface area (Å²) >= 11 is 4.43. The van der Waals surface area contributed by atoms with Gasteiger partial charge < -0.3 is 5.11 Å². The molecule has 4 aromatic rings. The van der Waals surface area contributed by atoms with E-state index < -0.39 is 16.9 Å². The van der Waals surface area contributed by atoms with Gasteiger partial charge in [-0.3, -0.25) is 0 Å². The minimum absolute atomic E-state index is 0.163. The van der Waals surface area contributed by atoms with Gasteiger partial charge in [-0.15, -0.1) is 5.10 Å². The van der Waals surface area contributed by atoms with E-state index in [0.29, 0.717) is 23.5 Å². The normalized spacial score (nSPS) is 12.4. The van der Waals surface area contributed by atoms with Crippen molar-refractivity contribution in [3.05, 3.63) is 88.9 Å². The van der Waals surface area contributed by atoms with Crippen molar-refractivity contribution in [1.29, 1.82) is 0 Å². The van der Waals surface area contributed by atoms with Crippen LogP contribution in [0, 0.1) is 11.6 Å². The van der Waals surface area contributed by atoms with Crippen LogP contribution in [0.25, 0.3) is 5.78 Å². The second kappa shape index (κ2) is 6.96. The molecule has 0 aliphatic carbocycles. The number of hydrogen-bond donors (Lipinski definition) is 2. The number of hydrogen-bond acceptors (Lipinski definition) is 5. The molecule has 1 atom stereocenters. The molecule has 0 amide bonds. The van der Waals surface area contributed by atoms with Gasteiger partial charge in [-0.05, 0) is 23.3 Å². The van der Waals surface area contributed by atoms with Crippen LogP contribution in [-0.2, 0) is 6.42 Å². The van der Waals surface area contributed by atoms with Crippen molar-refractivity contribution in [2.24, 2.45) is 0 Å². The molecule has 5 nitrogen and oxygen atoms in total. The zero-order valence-electron chi connectivity index (χ0n) is 13.9. The average molecular weight is 384 g/mol. The van der Waals surface area contributed by atoms with Gasteiger partial charge >= 0.3 is 0 Å². The molecule has 2 aromatic carbocycles. The molecule has 27 heavy (non-hydrogen) atoms. The third-order valence-electron chi connectivity index (χ3n) is 4.10. The summed E-state index contributed by atoms with van der Waals surface area (Å²) in [6.07, 6.45) is 0.493. The summed E-state index contributed by atoms with van der Waals surface area (Å²) in [6, 6.07) is 14.6. The van der Waals surface area contributed by atoms with Crippen molar-refractivity contribution < 1.29 is 13.9 Å². The third kappa shape index (κ3) is 3.48. The monoisotopic (exact) mass is 384 g/mol. The SMILES string of the molecule is Oc1cc(C(S)c2ccc(F)c(F)c2)nc2nc(Cc3ccccc3)nn12. The molecule has 2 aromatic heterocycles. The predicted octanol–water partition coefficient (Wildman–Crippen LogP) is 3.72. The van der Waals surface area contributed by atoms with E-state index in [1.807, 2.05) is 30.3 Å². The highest BCUT2D eigenvalue weighted by molar-refractivity contribution is 7.80. The van der Waals surface area contributed by atoms with E-state index in [4.69, 9.17) is 0 Å². The van der Waals surface area contributed by atoms with Gasteiger partial charge in [-0.25, -0.2) is 13.8 Å². The van der Waals surface area contributed by atoms with Gasteiger partial charge in [0, 0.05) is 12.5 Å². The fourth-order valence-electron chi connectivity index (χ4n) is 2.76. The Balaban J connectivity index is 1.69. The van der Waals surface area contributed by atoms with Gasteiger partial charge in [0.1, 0.15) is 0 Å². The molecule has 8 heteroatoms. The quantitative estimate of drug-likeness (QED) is 0.527. The predicted molar refractivity (Wildman–Crippen MR) is 98.9 cm³/mol. The van der Waals surface area contributed by atoms with Crippen molar-refractivity contribution in [2.75, 3.05) is 0 Å². The summed E-state index contributed by atoms with van der Waals surface area (Å²) in [5, 5.41) is 13.9. The summed E-state index contributed by atoms with van der Waals surface area (Å²) in [7, 11) is 0. The molecule has 0 bridgehead atoms. The Hall–Kier alpha value is -3.00. The lowest BCUT2D eigenvalue weighted by molar-refractivity contribution is 0.433. The minimum Gasteiger partial charge on any atom is -0.493 e. The standard InChI is InChI=1S/C19H14F2N4OS/c20-13-7-6-12(9-14(13)21)18(27)15-10-17(26)25-19(22-15)23-16(24-25)8-11-4-2-1-3-5-11/h1-7,9-10,18,26-27H,8H2. The molecule has 2 heterocycles. The van der Waals surface area contributed by atoms with Crippen LogP contribution in [0.15, 0.2) is 54.6 Å². The second-order valence-electron chi connectivity index (χ2n) is 6.02. The van der Waals surface area contributed by atoms with E-state index in [2.05, 4.69) is 27.7 Å². The van der Waals surface area contributed by atoms with Gasteiger partial charge in [-0.1, -0.05) is 36.4 Å². The van der Waals surface area contributed by atoms with Gasteiger partial charge in [0.15, 0.2) is 17.5 Å². The van der Waals surface area contributed by atoms with E-state index in [1.54, 1.807) is 0 Å². The van der Waals surface area contributed by atoms with Crippen molar-refractivity contribution in [1.82, 2.24) is 19.6 Å². The lowest BCUT2D eigenvalue weighted by atomic mass is 10.1. The molecule has 1 N–H and O–H groups in total. The summed E-state index contributed by atoms with van der Waals surface area (Å²) in [6.45, 7) is 0. The lowest BCUT2D eigenvalue weighted by Crippen LogP contribution is -2.02. The van der Waals surface area contributed by atoms with E-state index in [1.165, 1.54) is 16.6 Å². The maximum absolute atomic E-state index is 13.5. The Labute approximate surface area is 158 Å². The number of fused-ring (bicyclic) bond motifs is 1. The molecule has 136 valence electrons. The zero-order chi connectivity index (χ0) is 19.0. The number of thiol groups is 1. The van der Waals surface area contributed by atoms with Crippen LogP contribution in [0.2, 0.25) is 0 Å². The van der Waals surface area contributed by atoms with Crippen molar-refractivity contribution >= 4 is 18.4 Å². The molecule has 0 radical (unpaired) electrons. The Morgan fingerprint density at radius 2 is 1.78 bits per heavy atom. The first-order valence-corrected chi connectivity index (χ1v) is 8.65. The summed E-state index contributed by atoms with van der Waals surface area (Å²) in [5.41, 5.74) is 1.80. The molecule has 0 aliphatic rings. The van der Waals surface area contributed by atoms with E-state index in [-0.39, 0.29) is 11.7 Å². The van der Waals surface area contributed by atoms with Crippen molar-refractivity contribution in [3.8, 4) is 5.88 Å². The van der Waals surface area contributed by atoms with Crippen LogP contribution in [-0.4, -0.2) is 24.7 Å². The minimum atomic E-state index is -0.968. The largest absolute Gasteiger partial charge is 0.493 e. The van der Waals surface area contributed by atoms with Crippen LogP contribution < -0.4 is 0 Å². The highest BCUT2D eigenvalue weighted by Gasteiger charge is 2.18. The van der Waals surface area contributed by atoms with Gasteiger partial charge in [-0.2, -0.15) is 22.1 Å². The summed E-state index contributed by atoms with van der Waals surface area (Å²) in [5.74, 6) is -1.36. The number of halogens is 2. The maximum atomic E-state index is 13.5. The van der Waals surface area contributed by atoms with Crippen LogP contribution >= 0.6 is 12.6 Å². The molecule has 0 spiro atoms. The first kappa shape index (κ1) is 17.4. The van der Waals surface area contributed by atoms with Gasteiger partial charge in [0.25, 0.3) is 5.78 Å². The Kier molecular flexibility index (Phi) is 4.49. The van der Waals surface area contributed by atoms with E-state index in [9.17, 15) is 13.9 Å². The van der Waals surface area contributed by atoms with Crippen LogP contribution in [0.4, 0.5) is 8.78 Å². The van der Waals surface area contributed by atoms with Crippen molar-refractivity contribution in [3.63, 3.8) is 0 Å². The van der Waals surface area contributed by atoms with E-state index >= 15 is 0 Å². The van der Waals surface area contributed by atoms with Crippen LogP contribution in [0.3, 0.4) is 0 Å². The summed E-state index contributed by atoms with van der Waals surface area (Å²) in [4.78, 5) is 8.71. The highest BCUT2D eigenvalue weighted by atomic mass is 32.1. The lowest BCUT2D eigenvalue weighted by Gasteiger charge is -2.11. The molecular formula is C19H14F2N4OS. The fourth-order valence-corrected chi connectivity index (χ4v) is 3.05. The van der Waals surface area contributed by atoms with E-state index in [0.717, 1.165) is 17.7 Å². The first-order valence-electron chi connectivity index (χ1n) is 8.14. The zero-order valence-corrected chi connectivity index (χ0v) is 14.8. The smallest absolute Gasteiger partial charge is 0.255 e. The first-order chi connectivity index (χ1) is 13.0. The number of aromatic nitrogens is 4. The summed E-state index contributed by atoms with van der Waals surface area (Å²) < 4.78 is 27.9. The molecule has 0 saturated heterocycles. The topological polar surface area (TPSA) is 63.3 Å². The molecule has 4 rings (SSSR count). The third-order valence-corrected chi connectivity index (χ3v) is 4.66. The average Bonchev–Trinajstić information content (AvgIpc) is 3.07. The van der Waals surface area contributed by atoms with Crippen LogP contribution in [0.1, 0.15) is 27.9 Å². The molecule has 1 unspecified atom stereocenters. The maximum Gasteiger partial charge on any atom is 0.255 e. The number of rotatable bonds is 4. The molecular weight excluding hydrogens is 370 g/mol. The van der Waals surface area contributed by atoms with Crippen molar-refractivity contribution in [2.45, 2.75) is 11.7 Å².